The quantitative estimate of drug-likeness (QED) is 0.122. The molecule has 0 N–H and O–H groups in total. The monoisotopic (exact) mass is 714 g/mol. The van der Waals surface area contributed by atoms with E-state index in [0.717, 1.165) is 5.56 Å². The molecule has 0 atom stereocenters. The Balaban J connectivity index is 1.49. The number of aryl methyl sites for hydroxylation is 1. The van der Waals surface area contributed by atoms with E-state index in [1.807, 2.05) is 6.92 Å². The zero-order valence-electron chi connectivity index (χ0n) is 25.7. The van der Waals surface area contributed by atoms with Gasteiger partial charge in [0.15, 0.2) is 0 Å². The molecule has 0 bridgehead atoms. The third-order valence-electron chi connectivity index (χ3n) is 7.49. The van der Waals surface area contributed by atoms with E-state index >= 15 is 0 Å². The van der Waals surface area contributed by atoms with Gasteiger partial charge < -0.3 is 13.9 Å². The molecule has 0 radical (unpaired) electrons. The van der Waals surface area contributed by atoms with Crippen molar-refractivity contribution in [3.8, 4) is 5.75 Å². The van der Waals surface area contributed by atoms with Crippen LogP contribution < -0.4 is 9.64 Å². The van der Waals surface area contributed by atoms with Crippen LogP contribution in [0, 0.1) is 6.92 Å². The third kappa shape index (κ3) is 7.12. The van der Waals surface area contributed by atoms with E-state index in [0.29, 0.717) is 32.7 Å². The summed E-state index contributed by atoms with van der Waals surface area (Å²) in [6.07, 6.45) is 1.42. The highest BCUT2D eigenvalue weighted by atomic mass is 35.5. The van der Waals surface area contributed by atoms with Crippen molar-refractivity contribution in [2.45, 2.75) is 31.8 Å². The number of methoxy groups -OCH3 is 2. The summed E-state index contributed by atoms with van der Waals surface area (Å²) in [6.45, 7) is 3.30. The first kappa shape index (κ1) is 34.3. The Labute approximate surface area is 287 Å². The van der Waals surface area contributed by atoms with E-state index in [2.05, 4.69) is 0 Å². The Morgan fingerprint density at radius 1 is 0.894 bits per heavy atom. The van der Waals surface area contributed by atoms with Crippen molar-refractivity contribution >= 4 is 68.5 Å². The maximum atomic E-state index is 13.8. The fourth-order valence-corrected chi connectivity index (χ4v) is 7.05. The number of sulfonamides is 1. The Morgan fingerprint density at radius 2 is 1.62 bits per heavy atom. The van der Waals surface area contributed by atoms with Crippen molar-refractivity contribution in [1.82, 2.24) is 4.31 Å². The molecule has 4 aromatic rings. The number of anilines is 1. The van der Waals surface area contributed by atoms with Crippen molar-refractivity contribution in [3.63, 3.8) is 0 Å². The van der Waals surface area contributed by atoms with E-state index in [1.165, 1.54) is 29.5 Å². The summed E-state index contributed by atoms with van der Waals surface area (Å²) in [5.74, 6) is -0.293. The Morgan fingerprint density at radius 3 is 2.26 bits per heavy atom. The topological polar surface area (TPSA) is 106 Å². The first-order valence-corrected chi connectivity index (χ1v) is 16.7. The van der Waals surface area contributed by atoms with Crippen LogP contribution >= 0.6 is 34.8 Å². The zero-order valence-corrected chi connectivity index (χ0v) is 28.8. The lowest BCUT2D eigenvalue weighted by molar-refractivity contribution is -0.136. The largest absolute Gasteiger partial charge is 0.495 e. The summed E-state index contributed by atoms with van der Waals surface area (Å²) < 4.78 is 45.2. The number of furan rings is 1. The van der Waals surface area contributed by atoms with Crippen LogP contribution in [0.3, 0.4) is 0 Å². The molecule has 3 aromatic carbocycles. The molecular weight excluding hydrogens is 687 g/mol. The number of hydrogen-bond acceptors (Lipinski definition) is 7. The van der Waals surface area contributed by atoms with Crippen LogP contribution in [0.5, 0.6) is 5.75 Å². The van der Waals surface area contributed by atoms with E-state index < -0.39 is 21.9 Å². The summed E-state index contributed by atoms with van der Waals surface area (Å²) in [5.41, 5.74) is 2.35. The first-order chi connectivity index (χ1) is 22.3. The predicted octanol–water partition coefficient (Wildman–Crippen LogP) is 7.83. The van der Waals surface area contributed by atoms with Gasteiger partial charge in [-0.3, -0.25) is 9.69 Å². The number of allylic oxidation sites excluding steroid dienone is 1. The molecule has 2 heterocycles. The van der Waals surface area contributed by atoms with Crippen LogP contribution in [0.15, 0.2) is 99.0 Å². The lowest BCUT2D eigenvalue weighted by Crippen LogP contribution is -2.30. The fourth-order valence-electron chi connectivity index (χ4n) is 5.09. The molecule has 0 fully saturated rings. The maximum absolute atomic E-state index is 13.8. The normalized spacial score (nSPS) is 14.4. The highest BCUT2D eigenvalue weighted by Gasteiger charge is 2.38. The van der Waals surface area contributed by atoms with Crippen molar-refractivity contribution in [1.29, 1.82) is 0 Å². The van der Waals surface area contributed by atoms with E-state index in [9.17, 15) is 18.0 Å². The molecule has 0 spiro atoms. The molecule has 1 amide bonds. The molecular formula is C34H29Cl3N2O7S. The molecule has 47 heavy (non-hydrogen) atoms. The average Bonchev–Trinajstić information content (AvgIpc) is 3.58. The number of carbonyl (C=O) groups is 2. The number of amides is 1. The molecule has 9 nitrogen and oxygen atoms in total. The molecule has 13 heteroatoms. The van der Waals surface area contributed by atoms with Gasteiger partial charge in [0.1, 0.15) is 17.3 Å². The number of rotatable bonds is 10. The molecule has 244 valence electrons. The molecule has 5 rings (SSSR count). The van der Waals surface area contributed by atoms with Gasteiger partial charge in [-0.05, 0) is 80.1 Å². The second-order valence-corrected chi connectivity index (χ2v) is 13.8. The van der Waals surface area contributed by atoms with Crippen molar-refractivity contribution in [2.75, 3.05) is 19.1 Å². The zero-order chi connectivity index (χ0) is 34.0. The van der Waals surface area contributed by atoms with Gasteiger partial charge in [-0.2, -0.15) is 4.31 Å². The Kier molecular flexibility index (Phi) is 10.2. The Bertz CT molecular complexity index is 2040. The predicted molar refractivity (Wildman–Crippen MR) is 181 cm³/mol. The van der Waals surface area contributed by atoms with Crippen LogP contribution in [-0.2, 0) is 37.4 Å². The van der Waals surface area contributed by atoms with Gasteiger partial charge in [0.2, 0.25) is 10.0 Å². The van der Waals surface area contributed by atoms with Crippen molar-refractivity contribution < 1.29 is 31.9 Å². The van der Waals surface area contributed by atoms with Crippen molar-refractivity contribution in [3.05, 3.63) is 127 Å². The number of halogens is 3. The van der Waals surface area contributed by atoms with Crippen LogP contribution in [0.25, 0.3) is 6.08 Å². The minimum atomic E-state index is -4.00. The summed E-state index contributed by atoms with van der Waals surface area (Å²) in [5, 5.41) is 0.919. The average molecular weight is 716 g/mol. The van der Waals surface area contributed by atoms with Crippen LogP contribution in [0.2, 0.25) is 15.1 Å². The van der Waals surface area contributed by atoms with Gasteiger partial charge in [-0.25, -0.2) is 13.2 Å². The molecule has 1 aromatic heterocycles. The number of nitrogens with zero attached hydrogens (tertiary/aromatic N) is 2. The molecule has 0 saturated heterocycles. The molecule has 0 aliphatic carbocycles. The van der Waals surface area contributed by atoms with Gasteiger partial charge in [0.05, 0.1) is 57.6 Å². The number of benzene rings is 3. The van der Waals surface area contributed by atoms with Gasteiger partial charge in [-0.15, -0.1) is 0 Å². The summed E-state index contributed by atoms with van der Waals surface area (Å²) >= 11 is 18.6. The second-order valence-electron chi connectivity index (χ2n) is 10.6. The minimum Gasteiger partial charge on any atom is -0.495 e. The molecule has 0 saturated carbocycles. The van der Waals surface area contributed by atoms with Gasteiger partial charge in [0, 0.05) is 12.2 Å². The lowest BCUT2D eigenvalue weighted by Gasteiger charge is -2.22. The van der Waals surface area contributed by atoms with Crippen LogP contribution in [-0.4, -0.2) is 38.8 Å². The lowest BCUT2D eigenvalue weighted by atomic mass is 10.1. The number of hydrogen-bond donors (Lipinski definition) is 0. The highest BCUT2D eigenvalue weighted by molar-refractivity contribution is 7.89. The number of carbonyl (C=O) groups excluding carboxylic acids is 2. The maximum Gasteiger partial charge on any atom is 0.340 e. The van der Waals surface area contributed by atoms with Crippen LogP contribution in [0.4, 0.5) is 5.69 Å². The fraction of sp³-hybridized carbons (Fsp3) is 0.176. The van der Waals surface area contributed by atoms with Gasteiger partial charge >= 0.3 is 5.97 Å². The summed E-state index contributed by atoms with van der Waals surface area (Å²) in [7, 11) is -1.30. The van der Waals surface area contributed by atoms with Gasteiger partial charge in [0.25, 0.3) is 5.91 Å². The number of ether oxygens (including phenoxy) is 2. The third-order valence-corrected chi connectivity index (χ3v) is 10.3. The summed E-state index contributed by atoms with van der Waals surface area (Å²) in [6, 6.07) is 19.4. The smallest absolute Gasteiger partial charge is 0.340 e. The molecule has 1 aliphatic heterocycles. The first-order valence-electron chi connectivity index (χ1n) is 14.1. The minimum absolute atomic E-state index is 0.0297. The molecule has 1 aliphatic rings. The summed E-state index contributed by atoms with van der Waals surface area (Å²) in [4.78, 5) is 28.1. The van der Waals surface area contributed by atoms with Gasteiger partial charge in [-0.1, -0.05) is 58.6 Å². The van der Waals surface area contributed by atoms with E-state index in [1.54, 1.807) is 79.7 Å². The van der Waals surface area contributed by atoms with E-state index in [4.69, 9.17) is 48.7 Å². The van der Waals surface area contributed by atoms with Crippen molar-refractivity contribution in [2.24, 2.45) is 0 Å². The van der Waals surface area contributed by atoms with Crippen LogP contribution in [0.1, 0.15) is 29.6 Å². The standard InChI is InChI=1S/C34H29Cl3N2O7S/c1-20-5-11-26(12-6-20)47(42,43)38(18-22-7-13-28(35)29(36)15-22)19-25-10-9-24(46-25)17-27-32(34(41)45-4)21(2)39(33(27)40)23-8-14-31(44-3)30(37)16-23/h5-17H,18-19H2,1-4H3/b27-17+. The molecule has 0 unspecified atom stereocenters. The Hall–Kier alpha value is -4.06. The number of esters is 1. The SMILES string of the molecule is COC(=O)C1=C(C)N(c2ccc(OC)c(Cl)c2)C(=O)/C1=C/c1ccc(CN(Cc2ccc(Cl)c(Cl)c2)S(=O)(=O)c2ccc(C)cc2)o1. The second kappa shape index (κ2) is 14.0. The van der Waals surface area contributed by atoms with E-state index in [-0.39, 0.29) is 45.7 Å². The highest BCUT2D eigenvalue weighted by Crippen LogP contribution is 2.38.